The molecule has 3 rings (SSSR count). The number of anilines is 1. The van der Waals surface area contributed by atoms with E-state index in [9.17, 15) is 4.79 Å². The Morgan fingerprint density at radius 2 is 2.05 bits per heavy atom. The van der Waals surface area contributed by atoms with Crippen molar-refractivity contribution in [1.29, 1.82) is 0 Å². The molecule has 1 aliphatic rings. The van der Waals surface area contributed by atoms with Gasteiger partial charge in [-0.05, 0) is 24.3 Å². The maximum Gasteiger partial charge on any atom is 0.152 e. The van der Waals surface area contributed by atoms with E-state index in [-0.39, 0.29) is 0 Å². The third kappa shape index (κ3) is 2.56. The summed E-state index contributed by atoms with van der Waals surface area (Å²) >= 11 is 3.40. The number of ether oxygens (including phenoxy) is 1. The lowest BCUT2D eigenvalue weighted by Crippen LogP contribution is -2.26. The van der Waals surface area contributed by atoms with Gasteiger partial charge in [-0.15, -0.1) is 0 Å². The minimum Gasteiger partial charge on any atom is -0.491 e. The average Bonchev–Trinajstić information content (AvgIpc) is 2.69. The van der Waals surface area contributed by atoms with Crippen molar-refractivity contribution in [1.82, 2.24) is 0 Å². The summed E-state index contributed by atoms with van der Waals surface area (Å²) in [7, 11) is 0. The molecule has 0 saturated heterocycles. The van der Waals surface area contributed by atoms with Gasteiger partial charge in [-0.25, -0.2) is 0 Å². The molecule has 0 fully saturated rings. The maximum atomic E-state index is 11.3. The molecule has 0 bridgehead atoms. The van der Waals surface area contributed by atoms with Crippen molar-refractivity contribution in [3.8, 4) is 5.75 Å². The van der Waals surface area contributed by atoms with Gasteiger partial charge in [0.15, 0.2) is 6.29 Å². The van der Waals surface area contributed by atoms with Gasteiger partial charge in [0, 0.05) is 27.8 Å². The third-order valence-corrected chi connectivity index (χ3v) is 3.90. The second-order valence-corrected chi connectivity index (χ2v) is 5.61. The summed E-state index contributed by atoms with van der Waals surface area (Å²) in [6, 6.07) is 13.8. The van der Waals surface area contributed by atoms with E-state index in [4.69, 9.17) is 4.74 Å². The lowest BCUT2D eigenvalue weighted by atomic mass is 10.1. The Kier molecular flexibility index (Phi) is 3.74. The van der Waals surface area contributed by atoms with Gasteiger partial charge < -0.3 is 9.64 Å². The molecule has 2 aromatic rings. The first-order valence-electron chi connectivity index (χ1n) is 6.48. The predicted octanol–water partition coefficient (Wildman–Crippen LogP) is 3.66. The number of halogens is 1. The molecule has 0 amide bonds. The molecule has 4 heteroatoms. The van der Waals surface area contributed by atoms with Crippen molar-refractivity contribution in [3.63, 3.8) is 0 Å². The van der Waals surface area contributed by atoms with Crippen LogP contribution in [0.15, 0.2) is 46.9 Å². The Balaban J connectivity index is 1.97. The van der Waals surface area contributed by atoms with E-state index >= 15 is 0 Å². The number of carbonyl (C=O) groups is 1. The molecule has 0 saturated carbocycles. The molecule has 102 valence electrons. The van der Waals surface area contributed by atoms with Gasteiger partial charge in [-0.1, -0.05) is 34.1 Å². The zero-order chi connectivity index (χ0) is 13.9. The molecule has 0 aromatic heterocycles. The van der Waals surface area contributed by atoms with Crippen molar-refractivity contribution in [3.05, 3.63) is 58.1 Å². The normalized spacial score (nSPS) is 14.2. The molecule has 3 nitrogen and oxygen atoms in total. The van der Waals surface area contributed by atoms with Gasteiger partial charge in [0.1, 0.15) is 12.4 Å². The standard InChI is InChI=1S/C16H14BrNO2/c17-14-5-6-15(13(9-14)11-19)18-7-8-20-16-4-2-1-3-12(16)10-18/h1-6,9,11H,7-8,10H2. The van der Waals surface area contributed by atoms with Gasteiger partial charge in [0.25, 0.3) is 0 Å². The van der Waals surface area contributed by atoms with Gasteiger partial charge >= 0.3 is 0 Å². The molecule has 0 atom stereocenters. The fourth-order valence-electron chi connectivity index (χ4n) is 2.44. The Labute approximate surface area is 126 Å². The number of rotatable bonds is 2. The summed E-state index contributed by atoms with van der Waals surface area (Å²) in [4.78, 5) is 13.5. The minimum atomic E-state index is 0.616. The van der Waals surface area contributed by atoms with Crippen LogP contribution in [0.1, 0.15) is 15.9 Å². The highest BCUT2D eigenvalue weighted by molar-refractivity contribution is 9.10. The number of fused-ring (bicyclic) bond motifs is 1. The molecule has 2 aromatic carbocycles. The first kappa shape index (κ1) is 13.2. The zero-order valence-corrected chi connectivity index (χ0v) is 12.5. The SMILES string of the molecule is O=Cc1cc(Br)ccc1N1CCOc2ccccc2C1. The van der Waals surface area contributed by atoms with Gasteiger partial charge in [0.05, 0.1) is 6.54 Å². The van der Waals surface area contributed by atoms with E-state index in [0.29, 0.717) is 12.2 Å². The molecule has 20 heavy (non-hydrogen) atoms. The number of hydrogen-bond donors (Lipinski definition) is 0. The molecule has 1 heterocycles. The van der Waals surface area contributed by atoms with Crippen LogP contribution in [-0.2, 0) is 6.54 Å². The Bertz CT molecular complexity index is 642. The van der Waals surface area contributed by atoms with Crippen LogP contribution < -0.4 is 9.64 Å². The van der Waals surface area contributed by atoms with Crippen molar-refractivity contribution in [2.45, 2.75) is 6.54 Å². The molecule has 0 radical (unpaired) electrons. The average molecular weight is 332 g/mol. The second-order valence-electron chi connectivity index (χ2n) is 4.70. The van der Waals surface area contributed by atoms with Crippen LogP contribution in [0.2, 0.25) is 0 Å². The fraction of sp³-hybridized carbons (Fsp3) is 0.188. The first-order chi connectivity index (χ1) is 9.78. The molecule has 1 aliphatic heterocycles. The number of carbonyl (C=O) groups excluding carboxylic acids is 1. The van der Waals surface area contributed by atoms with Crippen molar-refractivity contribution in [2.24, 2.45) is 0 Å². The van der Waals surface area contributed by atoms with E-state index in [2.05, 4.69) is 26.9 Å². The summed E-state index contributed by atoms with van der Waals surface area (Å²) in [5, 5.41) is 0. The van der Waals surface area contributed by atoms with Crippen LogP contribution in [0.4, 0.5) is 5.69 Å². The van der Waals surface area contributed by atoms with Gasteiger partial charge in [-0.3, -0.25) is 4.79 Å². The second kappa shape index (κ2) is 5.67. The topological polar surface area (TPSA) is 29.5 Å². The smallest absolute Gasteiger partial charge is 0.152 e. The van der Waals surface area contributed by atoms with Crippen LogP contribution >= 0.6 is 15.9 Å². The lowest BCUT2D eigenvalue weighted by molar-refractivity contribution is 0.112. The monoisotopic (exact) mass is 331 g/mol. The molecule has 0 N–H and O–H groups in total. The van der Waals surface area contributed by atoms with Crippen molar-refractivity contribution < 1.29 is 9.53 Å². The number of benzene rings is 2. The quantitative estimate of drug-likeness (QED) is 0.786. The molecular weight excluding hydrogens is 318 g/mol. The van der Waals surface area contributed by atoms with Crippen LogP contribution in [0.5, 0.6) is 5.75 Å². The largest absolute Gasteiger partial charge is 0.491 e. The highest BCUT2D eigenvalue weighted by Crippen LogP contribution is 2.29. The Hall–Kier alpha value is -1.81. The molecule has 0 spiro atoms. The highest BCUT2D eigenvalue weighted by Gasteiger charge is 2.17. The Morgan fingerprint density at radius 1 is 1.20 bits per heavy atom. The lowest BCUT2D eigenvalue weighted by Gasteiger charge is -2.23. The Morgan fingerprint density at radius 3 is 2.90 bits per heavy atom. The van der Waals surface area contributed by atoms with Gasteiger partial charge in [-0.2, -0.15) is 0 Å². The van der Waals surface area contributed by atoms with Crippen LogP contribution in [0, 0.1) is 0 Å². The summed E-state index contributed by atoms with van der Waals surface area (Å²) in [6.45, 7) is 2.13. The molecule has 0 unspecified atom stereocenters. The summed E-state index contributed by atoms with van der Waals surface area (Å²) in [6.07, 6.45) is 0.901. The van der Waals surface area contributed by atoms with E-state index in [1.807, 2.05) is 36.4 Å². The van der Waals surface area contributed by atoms with Crippen LogP contribution in [-0.4, -0.2) is 19.4 Å². The van der Waals surface area contributed by atoms with Crippen molar-refractivity contribution >= 4 is 27.9 Å². The summed E-state index contributed by atoms with van der Waals surface area (Å²) in [5.74, 6) is 0.930. The zero-order valence-electron chi connectivity index (χ0n) is 10.9. The number of aldehydes is 1. The number of nitrogens with zero attached hydrogens (tertiary/aromatic N) is 1. The maximum absolute atomic E-state index is 11.3. The van der Waals surface area contributed by atoms with Crippen molar-refractivity contribution in [2.75, 3.05) is 18.1 Å². The van der Waals surface area contributed by atoms with E-state index < -0.39 is 0 Å². The first-order valence-corrected chi connectivity index (χ1v) is 7.27. The summed E-state index contributed by atoms with van der Waals surface area (Å²) in [5.41, 5.74) is 2.78. The number of para-hydroxylation sites is 1. The van der Waals surface area contributed by atoms with Gasteiger partial charge in [0.2, 0.25) is 0 Å². The van der Waals surface area contributed by atoms with Crippen LogP contribution in [0.3, 0.4) is 0 Å². The van der Waals surface area contributed by atoms with E-state index in [1.54, 1.807) is 0 Å². The fourth-order valence-corrected chi connectivity index (χ4v) is 2.82. The van der Waals surface area contributed by atoms with E-state index in [1.165, 1.54) is 0 Å². The highest BCUT2D eigenvalue weighted by atomic mass is 79.9. The third-order valence-electron chi connectivity index (χ3n) is 3.41. The minimum absolute atomic E-state index is 0.616. The summed E-state index contributed by atoms with van der Waals surface area (Å²) < 4.78 is 6.67. The predicted molar refractivity (Wildman–Crippen MR) is 82.5 cm³/mol. The molecule has 0 aliphatic carbocycles. The van der Waals surface area contributed by atoms with Crippen LogP contribution in [0.25, 0.3) is 0 Å². The molecular formula is C16H14BrNO2. The number of hydrogen-bond acceptors (Lipinski definition) is 3. The van der Waals surface area contributed by atoms with E-state index in [0.717, 1.165) is 40.8 Å².